The van der Waals surface area contributed by atoms with Crippen molar-refractivity contribution in [3.8, 4) is 0 Å². The van der Waals surface area contributed by atoms with Crippen LogP contribution in [0.3, 0.4) is 0 Å². The fraction of sp³-hybridized carbons (Fsp3) is 0.667. The van der Waals surface area contributed by atoms with Gasteiger partial charge >= 0.3 is 0 Å². The topological polar surface area (TPSA) is 12.0 Å². The molecule has 0 aliphatic heterocycles. The molecule has 0 spiro atoms. The maximum Gasteiger partial charge on any atom is 0.0317 e. The highest BCUT2D eigenvalue weighted by Crippen LogP contribution is 2.19. The lowest BCUT2D eigenvalue weighted by molar-refractivity contribution is 0.480. The van der Waals surface area contributed by atoms with Gasteiger partial charge in [0.1, 0.15) is 0 Å². The van der Waals surface area contributed by atoms with Crippen molar-refractivity contribution in [3.63, 3.8) is 0 Å². The van der Waals surface area contributed by atoms with Crippen molar-refractivity contribution in [2.45, 2.75) is 65.3 Å². The molecule has 0 aliphatic rings. The quantitative estimate of drug-likeness (QED) is 0.508. The van der Waals surface area contributed by atoms with E-state index in [1.807, 2.05) is 0 Å². The Bertz CT molecular complexity index is 345. The molecule has 20 heavy (non-hydrogen) atoms. The zero-order chi connectivity index (χ0) is 14.8. The van der Waals surface area contributed by atoms with Crippen LogP contribution in [0.25, 0.3) is 0 Å². The van der Waals surface area contributed by atoms with Crippen molar-refractivity contribution < 1.29 is 0 Å². The molecule has 114 valence electrons. The minimum absolute atomic E-state index is 0.499. The molecular formula is C18H30BrN. The Morgan fingerprint density at radius 3 is 2.25 bits per heavy atom. The van der Waals surface area contributed by atoms with Crippen LogP contribution in [-0.2, 0) is 0 Å². The third-order valence-corrected chi connectivity index (χ3v) is 4.31. The summed E-state index contributed by atoms with van der Waals surface area (Å²) in [4.78, 5) is 0. The summed E-state index contributed by atoms with van der Waals surface area (Å²) < 4.78 is 1.15. The maximum atomic E-state index is 3.69. The molecule has 1 aromatic carbocycles. The van der Waals surface area contributed by atoms with Gasteiger partial charge in [0.2, 0.25) is 0 Å². The standard InChI is InChI=1S/C18H30BrN/c1-4-18(16-10-12-17(19)13-11-16)20-14-8-6-5-7-9-15(2)3/h10-13,15,18,20H,4-9,14H2,1-3H3. The van der Waals surface area contributed by atoms with Gasteiger partial charge in [0.05, 0.1) is 0 Å². The van der Waals surface area contributed by atoms with Crippen LogP contribution in [0.1, 0.15) is 70.9 Å². The van der Waals surface area contributed by atoms with E-state index in [9.17, 15) is 0 Å². The molecule has 1 N–H and O–H groups in total. The van der Waals surface area contributed by atoms with Crippen LogP contribution in [-0.4, -0.2) is 6.54 Å². The molecule has 0 saturated carbocycles. The highest BCUT2D eigenvalue weighted by atomic mass is 79.9. The second-order valence-corrected chi connectivity index (χ2v) is 6.98. The summed E-state index contributed by atoms with van der Waals surface area (Å²) in [5, 5.41) is 3.69. The summed E-state index contributed by atoms with van der Waals surface area (Å²) in [6.07, 6.45) is 7.96. The second kappa shape index (κ2) is 10.4. The smallest absolute Gasteiger partial charge is 0.0317 e. The third-order valence-electron chi connectivity index (χ3n) is 3.78. The van der Waals surface area contributed by atoms with Crippen molar-refractivity contribution in [3.05, 3.63) is 34.3 Å². The predicted octanol–water partition coefficient (Wildman–Crippen LogP) is 6.10. The van der Waals surface area contributed by atoms with Crippen LogP contribution in [0.4, 0.5) is 0 Å². The highest BCUT2D eigenvalue weighted by Gasteiger charge is 2.07. The number of hydrogen-bond donors (Lipinski definition) is 1. The lowest BCUT2D eigenvalue weighted by Gasteiger charge is -2.17. The molecule has 0 aliphatic carbocycles. The number of nitrogens with one attached hydrogen (secondary N) is 1. The van der Waals surface area contributed by atoms with Crippen LogP contribution in [0.2, 0.25) is 0 Å². The van der Waals surface area contributed by atoms with E-state index >= 15 is 0 Å². The highest BCUT2D eigenvalue weighted by molar-refractivity contribution is 9.10. The summed E-state index contributed by atoms with van der Waals surface area (Å²) in [5.74, 6) is 0.856. The van der Waals surface area contributed by atoms with Gasteiger partial charge in [-0.05, 0) is 43.0 Å². The molecule has 0 aromatic heterocycles. The molecule has 1 aromatic rings. The molecule has 0 saturated heterocycles. The zero-order valence-electron chi connectivity index (χ0n) is 13.3. The number of rotatable bonds is 10. The van der Waals surface area contributed by atoms with Gasteiger partial charge in [-0.15, -0.1) is 0 Å². The van der Waals surface area contributed by atoms with Gasteiger partial charge < -0.3 is 5.32 Å². The van der Waals surface area contributed by atoms with Crippen LogP contribution in [0.5, 0.6) is 0 Å². The molecule has 0 heterocycles. The van der Waals surface area contributed by atoms with Gasteiger partial charge in [0, 0.05) is 10.5 Å². The zero-order valence-corrected chi connectivity index (χ0v) is 14.9. The summed E-state index contributed by atoms with van der Waals surface area (Å²) in [6, 6.07) is 9.19. The average molecular weight is 340 g/mol. The molecule has 2 heteroatoms. The molecule has 1 rings (SSSR count). The van der Waals surface area contributed by atoms with Gasteiger partial charge in [-0.3, -0.25) is 0 Å². The van der Waals surface area contributed by atoms with E-state index in [0.717, 1.165) is 23.4 Å². The van der Waals surface area contributed by atoms with Crippen molar-refractivity contribution in [2.75, 3.05) is 6.54 Å². The van der Waals surface area contributed by atoms with E-state index in [-0.39, 0.29) is 0 Å². The average Bonchev–Trinajstić information content (AvgIpc) is 2.43. The Balaban J connectivity index is 2.17. The second-order valence-electron chi connectivity index (χ2n) is 6.06. The molecule has 1 unspecified atom stereocenters. The number of benzene rings is 1. The van der Waals surface area contributed by atoms with Crippen LogP contribution >= 0.6 is 15.9 Å². The largest absolute Gasteiger partial charge is 0.310 e. The SMILES string of the molecule is CCC(NCCCCCCC(C)C)c1ccc(Br)cc1. The van der Waals surface area contributed by atoms with Gasteiger partial charge in [-0.1, -0.05) is 74.5 Å². The summed E-state index contributed by atoms with van der Waals surface area (Å²) in [7, 11) is 0. The Morgan fingerprint density at radius 2 is 1.65 bits per heavy atom. The normalized spacial score (nSPS) is 12.8. The van der Waals surface area contributed by atoms with Gasteiger partial charge in [-0.25, -0.2) is 0 Å². The van der Waals surface area contributed by atoms with Crippen LogP contribution < -0.4 is 5.32 Å². The first-order chi connectivity index (χ1) is 9.63. The molecule has 1 atom stereocenters. The fourth-order valence-electron chi connectivity index (χ4n) is 2.50. The molecular weight excluding hydrogens is 310 g/mol. The Hall–Kier alpha value is -0.340. The fourth-order valence-corrected chi connectivity index (χ4v) is 2.76. The van der Waals surface area contributed by atoms with E-state index in [1.54, 1.807) is 0 Å². The predicted molar refractivity (Wildman–Crippen MR) is 93.1 cm³/mol. The monoisotopic (exact) mass is 339 g/mol. The first kappa shape index (κ1) is 17.7. The molecule has 0 fully saturated rings. The van der Waals surface area contributed by atoms with Gasteiger partial charge in [0.25, 0.3) is 0 Å². The first-order valence-corrected chi connectivity index (χ1v) is 8.91. The first-order valence-electron chi connectivity index (χ1n) is 8.12. The van der Waals surface area contributed by atoms with Crippen LogP contribution in [0.15, 0.2) is 28.7 Å². The molecule has 0 radical (unpaired) electrons. The number of hydrogen-bond acceptors (Lipinski definition) is 1. The molecule has 0 amide bonds. The van der Waals surface area contributed by atoms with Gasteiger partial charge in [-0.2, -0.15) is 0 Å². The number of halogens is 1. The van der Waals surface area contributed by atoms with Crippen molar-refractivity contribution >= 4 is 15.9 Å². The van der Waals surface area contributed by atoms with E-state index in [4.69, 9.17) is 0 Å². The molecule has 1 nitrogen and oxygen atoms in total. The lowest BCUT2D eigenvalue weighted by atomic mass is 10.0. The Morgan fingerprint density at radius 1 is 1.00 bits per heavy atom. The minimum Gasteiger partial charge on any atom is -0.310 e. The minimum atomic E-state index is 0.499. The Labute approximate surface area is 133 Å². The molecule has 0 bridgehead atoms. The van der Waals surface area contributed by atoms with E-state index < -0.39 is 0 Å². The van der Waals surface area contributed by atoms with Crippen molar-refractivity contribution in [1.29, 1.82) is 0 Å². The van der Waals surface area contributed by atoms with Crippen molar-refractivity contribution in [2.24, 2.45) is 5.92 Å². The summed E-state index contributed by atoms with van der Waals surface area (Å²) in [5.41, 5.74) is 1.40. The third kappa shape index (κ3) is 7.44. The van der Waals surface area contributed by atoms with Gasteiger partial charge in [0.15, 0.2) is 0 Å². The van der Waals surface area contributed by atoms with E-state index in [1.165, 1.54) is 37.7 Å². The van der Waals surface area contributed by atoms with E-state index in [2.05, 4.69) is 66.3 Å². The lowest BCUT2D eigenvalue weighted by Crippen LogP contribution is -2.21. The summed E-state index contributed by atoms with van der Waals surface area (Å²) in [6.45, 7) is 8.01. The summed E-state index contributed by atoms with van der Waals surface area (Å²) >= 11 is 3.49. The number of unbranched alkanes of at least 4 members (excludes halogenated alkanes) is 3. The Kier molecular flexibility index (Phi) is 9.21. The van der Waals surface area contributed by atoms with E-state index in [0.29, 0.717) is 6.04 Å². The van der Waals surface area contributed by atoms with Crippen molar-refractivity contribution in [1.82, 2.24) is 5.32 Å². The van der Waals surface area contributed by atoms with Crippen LogP contribution in [0, 0.1) is 5.92 Å². The maximum absolute atomic E-state index is 3.69.